The first kappa shape index (κ1) is 94.4. The normalized spacial score (nSPS) is 2.00. The fourth-order valence-electron chi connectivity index (χ4n) is 0. The van der Waals surface area contributed by atoms with Crippen molar-refractivity contribution in [1.82, 2.24) is 0 Å². The lowest BCUT2D eigenvalue weighted by Gasteiger charge is -1.07. The van der Waals surface area contributed by atoms with E-state index in [-0.39, 0.29) is 62.0 Å². The van der Waals surface area contributed by atoms with Crippen molar-refractivity contribution in [2.45, 2.75) is 69.2 Å². The zero-order chi connectivity index (χ0) is 10.0. The highest BCUT2D eigenvalue weighted by Crippen LogP contribution is 1.15. The molecule has 0 aromatic rings. The quantitative estimate of drug-likeness (QED) is 0.438. The molecule has 0 aliphatic carbocycles. The Morgan fingerprint density at radius 1 is 0.200 bits per heavy atom. The molecular weight excluding hydrogens is 297 g/mol. The molecule has 0 aromatic carbocycles. The molecule has 0 saturated heterocycles. The number of hydrogen-bond acceptors (Lipinski definition) is 0. The molecule has 110 valence electrons. The van der Waals surface area contributed by atoms with Gasteiger partial charge in [-0.1, -0.05) is 69.2 Å². The highest BCUT2D eigenvalue weighted by atomic mass is 35.5. The minimum Gasteiger partial charge on any atom is -0.147 e. The van der Waals surface area contributed by atoms with Crippen LogP contribution in [0.25, 0.3) is 0 Å². The molecule has 0 saturated carbocycles. The lowest BCUT2D eigenvalue weighted by atomic mass is 11.0. The van der Waals surface area contributed by atoms with E-state index in [2.05, 4.69) is 0 Å². The third-order valence-electron chi connectivity index (χ3n) is 0. The summed E-state index contributed by atoms with van der Waals surface area (Å²) in [5, 5.41) is 0. The fraction of sp³-hybridized carbons (Fsp3) is 1.00. The van der Waals surface area contributed by atoms with E-state index in [1.165, 1.54) is 0 Å². The maximum atomic E-state index is 2.00. The summed E-state index contributed by atoms with van der Waals surface area (Å²) in [6, 6.07) is 0. The second kappa shape index (κ2) is 1530. The van der Waals surface area contributed by atoms with Crippen molar-refractivity contribution in [3.05, 3.63) is 0 Å². The van der Waals surface area contributed by atoms with Crippen LogP contribution in [0.2, 0.25) is 0 Å². The van der Waals surface area contributed by atoms with Crippen LogP contribution in [0, 0.1) is 0 Å². The summed E-state index contributed by atoms with van der Waals surface area (Å²) >= 11 is 0. The lowest BCUT2D eigenvalue weighted by Crippen LogP contribution is -0.856. The highest BCUT2D eigenvalue weighted by molar-refractivity contribution is 5.86. The van der Waals surface area contributed by atoms with E-state index in [0.29, 0.717) is 0 Å². The summed E-state index contributed by atoms with van der Waals surface area (Å²) in [5.41, 5.74) is 0. The van der Waals surface area contributed by atoms with Gasteiger partial charge >= 0.3 is 0 Å². The second-order valence-corrected chi connectivity index (χ2v) is 0. The predicted octanol–water partition coefficient (Wildman–Crippen LogP) is 7.24. The largest absolute Gasteiger partial charge is 0.147 e. The molecule has 0 unspecified atom stereocenters. The first-order valence-corrected chi connectivity index (χ1v) is 5.00. The van der Waals surface area contributed by atoms with Crippen molar-refractivity contribution in [2.75, 3.05) is 0 Å². The van der Waals surface area contributed by atoms with Crippen LogP contribution in [0.5, 0.6) is 0 Å². The van der Waals surface area contributed by atoms with Crippen LogP contribution in [0.4, 0.5) is 0 Å². The Labute approximate surface area is 131 Å². The molecule has 15 heavy (non-hydrogen) atoms. The zero-order valence-corrected chi connectivity index (χ0v) is 16.1. The summed E-state index contributed by atoms with van der Waals surface area (Å²) in [6.07, 6.45) is 0. The monoisotopic (exact) mass is 330 g/mol. The van der Waals surface area contributed by atoms with Crippen LogP contribution in [-0.4, -0.2) is 0 Å². The standard InChI is InChI=1S/5C2H6.5ClH/c5*1-2;;;;;/h5*1-2H3;5*1H. The number of halogens is 5. The number of hydrogen-bond donors (Lipinski definition) is 0. The molecule has 0 heterocycles. The van der Waals surface area contributed by atoms with Crippen LogP contribution in [0.15, 0.2) is 0 Å². The van der Waals surface area contributed by atoms with Gasteiger partial charge in [-0.3, -0.25) is 0 Å². The molecular formula is C10H35Cl5. The summed E-state index contributed by atoms with van der Waals surface area (Å²) < 4.78 is 0. The third kappa shape index (κ3) is 1330. The zero-order valence-electron chi connectivity index (χ0n) is 12.0. The molecule has 0 spiro atoms. The van der Waals surface area contributed by atoms with Crippen molar-refractivity contribution in [2.24, 2.45) is 0 Å². The molecule has 0 aliphatic heterocycles. The minimum absolute atomic E-state index is 0. The maximum Gasteiger partial charge on any atom is -0.0683 e. The Hall–Kier alpha value is 1.45. The number of rotatable bonds is 0. The van der Waals surface area contributed by atoms with Crippen molar-refractivity contribution >= 4 is 62.0 Å². The Bertz CT molecular complexity index is 13.8. The Morgan fingerprint density at radius 2 is 0.200 bits per heavy atom. The molecule has 0 rings (SSSR count). The van der Waals surface area contributed by atoms with Crippen molar-refractivity contribution < 1.29 is 0 Å². The molecule has 0 radical (unpaired) electrons. The van der Waals surface area contributed by atoms with Gasteiger partial charge in [-0.2, -0.15) is 0 Å². The molecule has 0 aliphatic rings. The van der Waals surface area contributed by atoms with Gasteiger partial charge in [0.2, 0.25) is 0 Å². The van der Waals surface area contributed by atoms with Gasteiger partial charge in [0, 0.05) is 0 Å². The van der Waals surface area contributed by atoms with E-state index >= 15 is 0 Å². The van der Waals surface area contributed by atoms with Gasteiger partial charge in [0.25, 0.3) is 0 Å². The van der Waals surface area contributed by atoms with E-state index in [1.54, 1.807) is 0 Å². The van der Waals surface area contributed by atoms with Crippen molar-refractivity contribution in [3.8, 4) is 0 Å². The average Bonchev–Trinajstić information content (AvgIpc) is 2.20. The highest BCUT2D eigenvalue weighted by Gasteiger charge is 0.940. The van der Waals surface area contributed by atoms with Crippen LogP contribution in [-0.2, 0) is 0 Å². The maximum absolute atomic E-state index is 2.00. The van der Waals surface area contributed by atoms with E-state index < -0.39 is 0 Å². The van der Waals surface area contributed by atoms with Crippen LogP contribution >= 0.6 is 62.0 Å². The SMILES string of the molecule is CC.CC.CC.CC.CC.Cl.Cl.Cl.Cl.Cl. The Balaban J connectivity index is -0.00000000240. The van der Waals surface area contributed by atoms with Crippen molar-refractivity contribution in [3.63, 3.8) is 0 Å². The fourth-order valence-corrected chi connectivity index (χ4v) is 0. The van der Waals surface area contributed by atoms with Gasteiger partial charge in [0.05, 0.1) is 0 Å². The topological polar surface area (TPSA) is 0 Å². The van der Waals surface area contributed by atoms with E-state index in [1.807, 2.05) is 69.2 Å². The summed E-state index contributed by atoms with van der Waals surface area (Å²) in [7, 11) is 0. The molecule has 0 N–H and O–H groups in total. The lowest BCUT2D eigenvalue weighted by molar-refractivity contribution is 1.50. The first-order chi connectivity index (χ1) is 5.00. The van der Waals surface area contributed by atoms with Gasteiger partial charge in [-0.25, -0.2) is 0 Å². The molecule has 0 amide bonds. The van der Waals surface area contributed by atoms with Gasteiger partial charge in [0.15, 0.2) is 0 Å². The summed E-state index contributed by atoms with van der Waals surface area (Å²) in [4.78, 5) is 0. The molecule has 0 nitrogen and oxygen atoms in total. The Morgan fingerprint density at radius 3 is 0.200 bits per heavy atom. The van der Waals surface area contributed by atoms with Gasteiger partial charge in [-0.05, 0) is 0 Å². The predicted molar refractivity (Wildman–Crippen MR) is 93.0 cm³/mol. The summed E-state index contributed by atoms with van der Waals surface area (Å²) in [5.74, 6) is 0. The molecule has 0 atom stereocenters. The Kier molecular flexibility index (Phi) is 9650. The van der Waals surface area contributed by atoms with Gasteiger partial charge in [-0.15, -0.1) is 62.0 Å². The molecule has 0 bridgehead atoms. The smallest absolute Gasteiger partial charge is 0.0683 e. The second-order valence-electron chi connectivity index (χ2n) is 0. The van der Waals surface area contributed by atoms with E-state index in [4.69, 9.17) is 0 Å². The van der Waals surface area contributed by atoms with E-state index in [9.17, 15) is 0 Å². The molecule has 5 heteroatoms. The minimum atomic E-state index is 0. The summed E-state index contributed by atoms with van der Waals surface area (Å²) in [6.45, 7) is 20.0. The molecule has 0 aromatic heterocycles. The van der Waals surface area contributed by atoms with E-state index in [0.717, 1.165) is 0 Å². The van der Waals surface area contributed by atoms with Crippen LogP contribution in [0.1, 0.15) is 69.2 Å². The molecule has 0 fully saturated rings. The van der Waals surface area contributed by atoms with Crippen LogP contribution in [0.3, 0.4) is 0 Å². The average molecular weight is 333 g/mol. The van der Waals surface area contributed by atoms with Gasteiger partial charge in [0.1, 0.15) is 0 Å². The van der Waals surface area contributed by atoms with Gasteiger partial charge < -0.3 is 0 Å². The van der Waals surface area contributed by atoms with Crippen LogP contribution < -0.4 is 0 Å². The first-order valence-electron chi connectivity index (χ1n) is 5.00. The third-order valence-corrected chi connectivity index (χ3v) is 0. The van der Waals surface area contributed by atoms with Crippen molar-refractivity contribution in [1.29, 1.82) is 0 Å².